The second-order valence-corrected chi connectivity index (χ2v) is 12.4. The first-order chi connectivity index (χ1) is 16.1. The third kappa shape index (κ3) is 6.90. The van der Waals surface area contributed by atoms with Crippen molar-refractivity contribution in [2.24, 2.45) is 5.92 Å². The molecule has 34 heavy (non-hydrogen) atoms. The van der Waals surface area contributed by atoms with Crippen LogP contribution in [0, 0.1) is 5.92 Å². The van der Waals surface area contributed by atoms with Crippen molar-refractivity contribution < 1.29 is 27.4 Å². The smallest absolute Gasteiger partial charge is 0.329 e. The van der Waals surface area contributed by atoms with Gasteiger partial charge in [-0.25, -0.2) is 12.7 Å². The largest absolute Gasteiger partial charge is 0.459 e. The number of esters is 1. The van der Waals surface area contributed by atoms with E-state index >= 15 is 0 Å². The molecule has 2 heterocycles. The molecule has 0 saturated carbocycles. The zero-order valence-corrected chi connectivity index (χ0v) is 21.5. The zero-order chi connectivity index (χ0) is 24.7. The summed E-state index contributed by atoms with van der Waals surface area (Å²) in [4.78, 5) is 13.1. The van der Waals surface area contributed by atoms with Gasteiger partial charge >= 0.3 is 5.97 Å². The molecule has 0 unspecified atom stereocenters. The van der Waals surface area contributed by atoms with Crippen molar-refractivity contribution in [1.82, 2.24) is 4.31 Å². The molecule has 0 bridgehead atoms. The van der Waals surface area contributed by atoms with E-state index in [1.54, 1.807) is 20.8 Å². The molecule has 1 aromatic carbocycles. The number of hydrogen-bond donors (Lipinski definition) is 0. The van der Waals surface area contributed by atoms with Gasteiger partial charge in [-0.3, -0.25) is 4.79 Å². The Labute approximate surface area is 204 Å². The topological polar surface area (TPSA) is 82.1 Å². The first-order valence-electron chi connectivity index (χ1n) is 12.2. The van der Waals surface area contributed by atoms with Crippen LogP contribution < -0.4 is 0 Å². The summed E-state index contributed by atoms with van der Waals surface area (Å²) >= 11 is 0. The van der Waals surface area contributed by atoms with E-state index in [0.717, 1.165) is 24.8 Å². The Morgan fingerprint density at radius 1 is 1.12 bits per heavy atom. The van der Waals surface area contributed by atoms with E-state index in [9.17, 15) is 13.2 Å². The molecule has 0 aliphatic carbocycles. The summed E-state index contributed by atoms with van der Waals surface area (Å²) in [5.74, 6) is -0.229. The summed E-state index contributed by atoms with van der Waals surface area (Å²) in [6, 6.07) is 10.1. The molecule has 1 aromatic rings. The number of rotatable bonds is 9. The molecule has 2 aliphatic heterocycles. The predicted octanol–water partition coefficient (Wildman–Crippen LogP) is 4.08. The van der Waals surface area contributed by atoms with Crippen LogP contribution in [-0.4, -0.2) is 62.0 Å². The highest BCUT2D eigenvalue weighted by Crippen LogP contribution is 2.37. The first kappa shape index (κ1) is 26.9. The standard InChI is InChI=1S/C26H39NO6S/c1-25(2,3)33-24(28)26(14-19-31-20-15-26)34(29,30)27-16-12-22(13-17-27)9-7-8-18-32-21-23-10-5-4-6-11-23/h4-8,10-11,22H,9,12-21H2,1-3H3. The van der Waals surface area contributed by atoms with Crippen molar-refractivity contribution in [3.63, 3.8) is 0 Å². The van der Waals surface area contributed by atoms with Crippen molar-refractivity contribution in [1.29, 1.82) is 0 Å². The summed E-state index contributed by atoms with van der Waals surface area (Å²) in [5, 5.41) is 0. The maximum Gasteiger partial charge on any atom is 0.329 e. The monoisotopic (exact) mass is 493 g/mol. The van der Waals surface area contributed by atoms with E-state index < -0.39 is 26.3 Å². The highest BCUT2D eigenvalue weighted by atomic mass is 32.2. The van der Waals surface area contributed by atoms with Crippen molar-refractivity contribution in [2.75, 3.05) is 32.9 Å². The lowest BCUT2D eigenvalue weighted by Gasteiger charge is -2.41. The number of sulfonamides is 1. The molecule has 3 rings (SSSR count). The number of ether oxygens (including phenoxy) is 3. The molecule has 0 radical (unpaired) electrons. The maximum atomic E-state index is 13.7. The average molecular weight is 494 g/mol. The lowest BCUT2D eigenvalue weighted by atomic mass is 9.94. The molecular weight excluding hydrogens is 454 g/mol. The van der Waals surface area contributed by atoms with E-state index in [1.807, 2.05) is 36.4 Å². The molecule has 0 spiro atoms. The molecule has 2 fully saturated rings. The number of carbonyl (C=O) groups excluding carboxylic acids is 1. The molecule has 190 valence electrons. The van der Waals surface area contributed by atoms with Crippen molar-refractivity contribution in [3.8, 4) is 0 Å². The van der Waals surface area contributed by atoms with E-state index in [2.05, 4.69) is 6.08 Å². The van der Waals surface area contributed by atoms with Gasteiger partial charge in [-0.05, 0) is 51.5 Å². The lowest BCUT2D eigenvalue weighted by molar-refractivity contribution is -0.161. The minimum absolute atomic E-state index is 0.135. The molecular formula is C26H39NO6S. The van der Waals surface area contributed by atoms with Gasteiger partial charge in [0, 0.05) is 39.1 Å². The molecule has 0 N–H and O–H groups in total. The average Bonchev–Trinajstić information content (AvgIpc) is 2.81. The van der Waals surface area contributed by atoms with Crippen LogP contribution in [-0.2, 0) is 35.6 Å². The van der Waals surface area contributed by atoms with E-state index in [4.69, 9.17) is 14.2 Å². The Balaban J connectivity index is 1.50. The van der Waals surface area contributed by atoms with Gasteiger partial charge in [0.25, 0.3) is 0 Å². The van der Waals surface area contributed by atoms with Crippen LogP contribution >= 0.6 is 0 Å². The van der Waals surface area contributed by atoms with E-state index in [-0.39, 0.29) is 26.1 Å². The SMILES string of the molecule is CC(C)(C)OC(=O)C1(S(=O)(=O)N2CCC(CC=CCOCc3ccccc3)CC2)CCOCC1. The van der Waals surface area contributed by atoms with Crippen LogP contribution in [0.2, 0.25) is 0 Å². The fourth-order valence-electron chi connectivity index (χ4n) is 4.45. The number of piperidine rings is 1. The minimum atomic E-state index is -3.86. The third-order valence-corrected chi connectivity index (χ3v) is 9.05. The summed E-state index contributed by atoms with van der Waals surface area (Å²) in [6.45, 7) is 7.77. The first-order valence-corrected chi connectivity index (χ1v) is 13.7. The van der Waals surface area contributed by atoms with Gasteiger partial charge in [0.1, 0.15) is 5.60 Å². The second-order valence-electron chi connectivity index (χ2n) is 10.2. The van der Waals surface area contributed by atoms with Crippen LogP contribution in [0.15, 0.2) is 42.5 Å². The van der Waals surface area contributed by atoms with Gasteiger partial charge in [-0.15, -0.1) is 0 Å². The van der Waals surface area contributed by atoms with Crippen molar-refractivity contribution in [2.45, 2.75) is 69.8 Å². The van der Waals surface area contributed by atoms with E-state index in [1.165, 1.54) is 4.31 Å². The Kier molecular flexibility index (Phi) is 9.32. The molecule has 0 aromatic heterocycles. The molecule has 0 atom stereocenters. The van der Waals surface area contributed by atoms with E-state index in [0.29, 0.717) is 32.2 Å². The highest BCUT2D eigenvalue weighted by Gasteiger charge is 2.56. The van der Waals surface area contributed by atoms with Gasteiger partial charge in [-0.1, -0.05) is 42.5 Å². The Bertz CT molecular complexity index is 908. The van der Waals surface area contributed by atoms with Crippen LogP contribution in [0.5, 0.6) is 0 Å². The summed E-state index contributed by atoms with van der Waals surface area (Å²) in [7, 11) is -3.86. The number of nitrogens with zero attached hydrogens (tertiary/aromatic N) is 1. The fourth-order valence-corrected chi connectivity index (χ4v) is 6.57. The molecule has 2 aliphatic rings. The Morgan fingerprint density at radius 2 is 1.76 bits per heavy atom. The highest BCUT2D eigenvalue weighted by molar-refractivity contribution is 7.91. The molecule has 8 heteroatoms. The van der Waals surface area contributed by atoms with Crippen molar-refractivity contribution >= 4 is 16.0 Å². The Hall–Kier alpha value is -1.74. The number of allylic oxidation sites excluding steroid dienone is 1. The van der Waals surface area contributed by atoms with Crippen molar-refractivity contribution in [3.05, 3.63) is 48.0 Å². The van der Waals surface area contributed by atoms with Gasteiger partial charge in [-0.2, -0.15) is 0 Å². The summed E-state index contributed by atoms with van der Waals surface area (Å²) in [5.41, 5.74) is 0.403. The third-order valence-electron chi connectivity index (χ3n) is 6.44. The summed E-state index contributed by atoms with van der Waals surface area (Å²) < 4.78 is 44.0. The normalized spacial score (nSPS) is 20.4. The maximum absolute atomic E-state index is 13.7. The second kappa shape index (κ2) is 11.8. The predicted molar refractivity (Wildman–Crippen MR) is 132 cm³/mol. The van der Waals surface area contributed by atoms with Gasteiger partial charge in [0.2, 0.25) is 10.0 Å². The van der Waals surface area contributed by atoms with Crippen LogP contribution in [0.25, 0.3) is 0 Å². The zero-order valence-electron chi connectivity index (χ0n) is 20.7. The lowest BCUT2D eigenvalue weighted by Crippen LogP contribution is -2.59. The van der Waals surface area contributed by atoms with Crippen LogP contribution in [0.3, 0.4) is 0 Å². The van der Waals surface area contributed by atoms with Crippen LogP contribution in [0.4, 0.5) is 0 Å². The van der Waals surface area contributed by atoms with Gasteiger partial charge in [0.05, 0.1) is 13.2 Å². The quantitative estimate of drug-likeness (QED) is 0.293. The molecule has 2 saturated heterocycles. The molecule has 0 amide bonds. The minimum Gasteiger partial charge on any atom is -0.459 e. The number of carbonyl (C=O) groups is 1. The fraction of sp³-hybridized carbons (Fsp3) is 0.654. The summed E-state index contributed by atoms with van der Waals surface area (Å²) in [6.07, 6.45) is 6.87. The Morgan fingerprint density at radius 3 is 2.38 bits per heavy atom. The number of benzene rings is 1. The van der Waals surface area contributed by atoms with Gasteiger partial charge in [0.15, 0.2) is 4.75 Å². The van der Waals surface area contributed by atoms with Gasteiger partial charge < -0.3 is 14.2 Å². The molecule has 7 nitrogen and oxygen atoms in total. The number of hydrogen-bond acceptors (Lipinski definition) is 6. The van der Waals surface area contributed by atoms with Crippen LogP contribution in [0.1, 0.15) is 58.4 Å².